The summed E-state index contributed by atoms with van der Waals surface area (Å²) >= 11 is 0. The molecule has 2 N–H and O–H groups in total. The van der Waals surface area contributed by atoms with E-state index in [9.17, 15) is 14.9 Å². The lowest BCUT2D eigenvalue weighted by atomic mass is 10.1. The molecule has 0 unspecified atom stereocenters. The van der Waals surface area contributed by atoms with Crippen molar-refractivity contribution in [2.24, 2.45) is 0 Å². The molecule has 3 aromatic rings. The van der Waals surface area contributed by atoms with Crippen LogP contribution in [-0.4, -0.2) is 69.8 Å². The van der Waals surface area contributed by atoms with Crippen LogP contribution in [0.2, 0.25) is 0 Å². The SMILES string of the molecule is N#C[C@@H]1CCCN1C(=O)CN1CC[C@H](Nc2ccc(C(=O)Nc3ccccn3)c3ncccc23)C1. The standard InChI is InChI=1S/C26H27N7O2/c27-15-19-5-4-13-33(19)24(34)17-32-14-10-18(16-32)30-22-9-8-21(25-20(22)6-3-12-29-25)26(35)31-23-7-1-2-11-28-23/h1-3,6-9,11-12,18-19,30H,4-5,10,13-14,16-17H2,(H,28,31,35)/t18-,19-/m0/s1. The van der Waals surface area contributed by atoms with Crippen LogP contribution in [-0.2, 0) is 4.79 Å². The Hall–Kier alpha value is -4.03. The van der Waals surface area contributed by atoms with Crippen molar-refractivity contribution in [3.05, 3.63) is 60.4 Å². The molecule has 5 rings (SSSR count). The van der Waals surface area contributed by atoms with E-state index in [1.165, 1.54) is 0 Å². The topological polar surface area (TPSA) is 114 Å². The smallest absolute Gasteiger partial charge is 0.259 e. The lowest BCUT2D eigenvalue weighted by molar-refractivity contribution is -0.132. The van der Waals surface area contributed by atoms with Crippen molar-refractivity contribution in [1.82, 2.24) is 19.8 Å². The van der Waals surface area contributed by atoms with E-state index in [4.69, 9.17) is 0 Å². The van der Waals surface area contributed by atoms with Gasteiger partial charge in [-0.15, -0.1) is 0 Å². The largest absolute Gasteiger partial charge is 0.380 e. The summed E-state index contributed by atoms with van der Waals surface area (Å²) in [5.41, 5.74) is 2.00. The zero-order valence-corrected chi connectivity index (χ0v) is 19.4. The number of rotatable bonds is 6. The zero-order chi connectivity index (χ0) is 24.2. The molecule has 2 saturated heterocycles. The summed E-state index contributed by atoms with van der Waals surface area (Å²) in [4.78, 5) is 38.1. The highest BCUT2D eigenvalue weighted by molar-refractivity contribution is 6.13. The maximum absolute atomic E-state index is 12.9. The van der Waals surface area contributed by atoms with Gasteiger partial charge in [0.1, 0.15) is 11.9 Å². The van der Waals surface area contributed by atoms with Gasteiger partial charge in [-0.2, -0.15) is 5.26 Å². The Balaban J connectivity index is 1.26. The lowest BCUT2D eigenvalue weighted by Crippen LogP contribution is -2.42. The molecule has 2 fully saturated rings. The van der Waals surface area contributed by atoms with Crippen LogP contribution in [0.1, 0.15) is 29.6 Å². The molecule has 0 radical (unpaired) electrons. The van der Waals surface area contributed by atoms with Gasteiger partial charge in [0.15, 0.2) is 0 Å². The van der Waals surface area contributed by atoms with Gasteiger partial charge in [0.25, 0.3) is 5.91 Å². The van der Waals surface area contributed by atoms with E-state index in [2.05, 4.69) is 31.6 Å². The Morgan fingerprint density at radius 1 is 1.06 bits per heavy atom. The van der Waals surface area contributed by atoms with Crippen molar-refractivity contribution in [3.8, 4) is 6.07 Å². The van der Waals surface area contributed by atoms with Crippen molar-refractivity contribution in [3.63, 3.8) is 0 Å². The van der Waals surface area contributed by atoms with Crippen molar-refractivity contribution in [2.75, 3.05) is 36.8 Å². The van der Waals surface area contributed by atoms with Crippen LogP contribution in [0.3, 0.4) is 0 Å². The minimum absolute atomic E-state index is 0.0348. The molecule has 0 saturated carbocycles. The van der Waals surface area contributed by atoms with Gasteiger partial charge in [-0.3, -0.25) is 19.5 Å². The summed E-state index contributed by atoms with van der Waals surface area (Å²) in [6.45, 7) is 2.56. The number of anilines is 2. The number of fused-ring (bicyclic) bond motifs is 1. The molecule has 178 valence electrons. The Kier molecular flexibility index (Phi) is 6.55. The Morgan fingerprint density at radius 2 is 1.94 bits per heavy atom. The van der Waals surface area contributed by atoms with Crippen LogP contribution < -0.4 is 10.6 Å². The molecule has 2 atom stereocenters. The van der Waals surface area contributed by atoms with E-state index in [-0.39, 0.29) is 23.9 Å². The molecule has 1 aromatic carbocycles. The van der Waals surface area contributed by atoms with Gasteiger partial charge < -0.3 is 15.5 Å². The number of aromatic nitrogens is 2. The number of carbonyl (C=O) groups excluding carboxylic acids is 2. The second kappa shape index (κ2) is 10.1. The van der Waals surface area contributed by atoms with Crippen LogP contribution in [0.25, 0.3) is 10.9 Å². The molecule has 0 aliphatic carbocycles. The van der Waals surface area contributed by atoms with Crippen molar-refractivity contribution < 1.29 is 9.59 Å². The van der Waals surface area contributed by atoms with Gasteiger partial charge in [-0.1, -0.05) is 6.07 Å². The number of nitrogens with zero attached hydrogens (tertiary/aromatic N) is 5. The number of nitriles is 1. The van der Waals surface area contributed by atoms with Gasteiger partial charge in [0.05, 0.1) is 23.7 Å². The predicted molar refractivity (Wildman–Crippen MR) is 133 cm³/mol. The minimum atomic E-state index is -0.286. The van der Waals surface area contributed by atoms with Crippen molar-refractivity contribution in [2.45, 2.75) is 31.3 Å². The Morgan fingerprint density at radius 3 is 2.77 bits per heavy atom. The van der Waals surface area contributed by atoms with Crippen LogP contribution in [0.4, 0.5) is 11.5 Å². The highest BCUT2D eigenvalue weighted by Crippen LogP contribution is 2.28. The molecule has 2 amide bonds. The summed E-state index contributed by atoms with van der Waals surface area (Å²) in [6.07, 6.45) is 5.87. The maximum atomic E-state index is 12.9. The highest BCUT2D eigenvalue weighted by atomic mass is 16.2. The van der Waals surface area contributed by atoms with Crippen molar-refractivity contribution >= 4 is 34.2 Å². The molecule has 4 heterocycles. The molecule has 2 aliphatic rings. The molecule has 0 bridgehead atoms. The first kappa shape index (κ1) is 22.7. The third-order valence-corrected chi connectivity index (χ3v) is 6.63. The number of hydrogen-bond donors (Lipinski definition) is 2. The molecule has 0 spiro atoms. The number of pyridine rings is 2. The predicted octanol–water partition coefficient (Wildman–Crippen LogP) is 2.88. The van der Waals surface area contributed by atoms with Crippen LogP contribution in [0, 0.1) is 11.3 Å². The number of hydrogen-bond acceptors (Lipinski definition) is 7. The third-order valence-electron chi connectivity index (χ3n) is 6.63. The fraction of sp³-hybridized carbons (Fsp3) is 0.346. The Bertz CT molecular complexity index is 1270. The number of carbonyl (C=O) groups is 2. The first-order chi connectivity index (χ1) is 17.1. The summed E-state index contributed by atoms with van der Waals surface area (Å²) in [7, 11) is 0. The number of nitrogens with one attached hydrogen (secondary N) is 2. The quantitative estimate of drug-likeness (QED) is 0.571. The summed E-state index contributed by atoms with van der Waals surface area (Å²) in [6, 6.07) is 15.0. The number of amides is 2. The van der Waals surface area contributed by atoms with E-state index in [1.807, 2.05) is 24.3 Å². The Labute approximate surface area is 203 Å². The number of likely N-dealkylation sites (tertiary alicyclic amines) is 2. The van der Waals surface area contributed by atoms with Gasteiger partial charge >= 0.3 is 0 Å². The molecule has 9 heteroatoms. The van der Waals surface area contributed by atoms with Crippen molar-refractivity contribution in [1.29, 1.82) is 5.26 Å². The minimum Gasteiger partial charge on any atom is -0.380 e. The van der Waals surface area contributed by atoms with E-state index >= 15 is 0 Å². The van der Waals surface area contributed by atoms with Crippen LogP contribution in [0.5, 0.6) is 0 Å². The van der Waals surface area contributed by atoms with E-state index in [1.54, 1.807) is 35.5 Å². The average molecular weight is 470 g/mol. The van der Waals surface area contributed by atoms with Gasteiger partial charge in [-0.25, -0.2) is 4.98 Å². The number of benzene rings is 1. The summed E-state index contributed by atoms with van der Waals surface area (Å²) in [5, 5.41) is 16.5. The average Bonchev–Trinajstić information content (AvgIpc) is 3.54. The second-order valence-corrected chi connectivity index (χ2v) is 8.97. The molecule has 35 heavy (non-hydrogen) atoms. The van der Waals surface area contributed by atoms with Gasteiger partial charge in [0, 0.05) is 49.1 Å². The normalized spacial score (nSPS) is 20.0. The molecular weight excluding hydrogens is 442 g/mol. The fourth-order valence-electron chi connectivity index (χ4n) is 4.90. The first-order valence-corrected chi connectivity index (χ1v) is 11.9. The fourth-order valence-corrected chi connectivity index (χ4v) is 4.90. The van der Waals surface area contributed by atoms with Crippen LogP contribution >= 0.6 is 0 Å². The molecule has 2 aromatic heterocycles. The van der Waals surface area contributed by atoms with E-state index < -0.39 is 0 Å². The monoisotopic (exact) mass is 469 g/mol. The maximum Gasteiger partial charge on any atom is 0.259 e. The molecular formula is C26H27N7O2. The van der Waals surface area contributed by atoms with Gasteiger partial charge in [0.2, 0.25) is 5.91 Å². The highest BCUT2D eigenvalue weighted by Gasteiger charge is 2.31. The van der Waals surface area contributed by atoms with E-state index in [0.717, 1.165) is 43.4 Å². The summed E-state index contributed by atoms with van der Waals surface area (Å²) < 4.78 is 0. The van der Waals surface area contributed by atoms with E-state index in [0.29, 0.717) is 30.0 Å². The second-order valence-electron chi connectivity index (χ2n) is 8.97. The summed E-state index contributed by atoms with van der Waals surface area (Å²) in [5.74, 6) is 0.258. The molecule has 9 nitrogen and oxygen atoms in total. The van der Waals surface area contributed by atoms with Crippen LogP contribution in [0.15, 0.2) is 54.9 Å². The molecule has 2 aliphatic heterocycles. The van der Waals surface area contributed by atoms with Gasteiger partial charge in [-0.05, 0) is 55.7 Å². The third kappa shape index (κ3) is 4.93. The lowest BCUT2D eigenvalue weighted by Gasteiger charge is -2.23. The first-order valence-electron chi connectivity index (χ1n) is 11.9. The zero-order valence-electron chi connectivity index (χ0n) is 19.4.